The Bertz CT molecular complexity index is 1500. The van der Waals surface area contributed by atoms with Crippen LogP contribution in [-0.4, -0.2) is 43.8 Å². The average Bonchev–Trinajstić information content (AvgIpc) is 3.07. The van der Waals surface area contributed by atoms with Crippen molar-refractivity contribution in [1.82, 2.24) is 9.97 Å². The van der Waals surface area contributed by atoms with E-state index in [0.717, 1.165) is 0 Å². The van der Waals surface area contributed by atoms with Crippen LogP contribution in [-0.2, 0) is 19.4 Å². The van der Waals surface area contributed by atoms with Crippen LogP contribution in [0.25, 0.3) is 6.08 Å². The van der Waals surface area contributed by atoms with E-state index in [9.17, 15) is 13.2 Å². The fraction of sp³-hybridized carbons (Fsp3) is 0.296. The molecule has 1 aromatic heterocycles. The second kappa shape index (κ2) is 11.0. The van der Waals surface area contributed by atoms with E-state index in [-0.39, 0.29) is 16.1 Å². The highest BCUT2D eigenvalue weighted by Gasteiger charge is 2.24. The van der Waals surface area contributed by atoms with E-state index in [2.05, 4.69) is 20.6 Å². The molecule has 0 radical (unpaired) electrons. The Morgan fingerprint density at radius 3 is 2.66 bits per heavy atom. The maximum Gasteiger partial charge on any atom is 0.333 e. The fourth-order valence-electron chi connectivity index (χ4n) is 3.94. The lowest BCUT2D eigenvalue weighted by molar-refractivity contribution is -0.136. The number of nitrogens with zero attached hydrogens (tertiary/aromatic N) is 2. The molecule has 0 bridgehead atoms. The van der Waals surface area contributed by atoms with Gasteiger partial charge in [-0.15, -0.1) is 0 Å². The first-order valence-electron chi connectivity index (χ1n) is 11.9. The molecule has 38 heavy (non-hydrogen) atoms. The first-order valence-corrected chi connectivity index (χ1v) is 13.9. The van der Waals surface area contributed by atoms with Crippen LogP contribution in [0.1, 0.15) is 32.8 Å². The van der Waals surface area contributed by atoms with E-state index in [4.69, 9.17) is 21.1 Å². The predicted octanol–water partition coefficient (Wildman–Crippen LogP) is 5.86. The monoisotopic (exact) mass is 556 g/mol. The summed E-state index contributed by atoms with van der Waals surface area (Å²) in [4.78, 5) is 20.9. The van der Waals surface area contributed by atoms with Gasteiger partial charge in [-0.05, 0) is 54.3 Å². The molecule has 0 amide bonds. The number of aromatic nitrogens is 2. The first-order chi connectivity index (χ1) is 17.9. The Morgan fingerprint density at radius 1 is 1.16 bits per heavy atom. The van der Waals surface area contributed by atoms with Gasteiger partial charge >= 0.3 is 5.97 Å². The normalized spacial score (nSPS) is 13.4. The van der Waals surface area contributed by atoms with Crippen LogP contribution in [0.15, 0.2) is 59.3 Å². The highest BCUT2D eigenvalue weighted by molar-refractivity contribution is 7.91. The lowest BCUT2D eigenvalue weighted by atomic mass is 10.0. The Labute approximate surface area is 227 Å². The zero-order valence-corrected chi connectivity index (χ0v) is 23.1. The van der Waals surface area contributed by atoms with E-state index in [1.807, 2.05) is 20.8 Å². The zero-order chi connectivity index (χ0) is 27.5. The molecule has 0 atom stereocenters. The van der Waals surface area contributed by atoms with Gasteiger partial charge in [0.25, 0.3) is 0 Å². The van der Waals surface area contributed by atoms with Crippen LogP contribution in [0.4, 0.5) is 17.3 Å². The van der Waals surface area contributed by atoms with Crippen molar-refractivity contribution < 1.29 is 22.7 Å². The summed E-state index contributed by atoms with van der Waals surface area (Å²) >= 11 is 6.51. The number of esters is 1. The highest BCUT2D eigenvalue weighted by atomic mass is 35.5. The minimum Gasteiger partial charge on any atom is -0.466 e. The Kier molecular flexibility index (Phi) is 7.94. The molecular weight excluding hydrogens is 528 g/mol. The topological polar surface area (TPSA) is 120 Å². The van der Waals surface area contributed by atoms with E-state index in [0.29, 0.717) is 57.9 Å². The molecular formula is C27H29ClN4O5S. The number of fused-ring (bicyclic) bond motifs is 1. The molecule has 1 aliphatic rings. The van der Waals surface area contributed by atoms with Crippen molar-refractivity contribution in [2.75, 3.05) is 30.0 Å². The summed E-state index contributed by atoms with van der Waals surface area (Å²) < 4.78 is 36.4. The van der Waals surface area contributed by atoms with Crippen molar-refractivity contribution in [2.45, 2.75) is 32.1 Å². The average molecular weight is 557 g/mol. The van der Waals surface area contributed by atoms with Gasteiger partial charge in [0.2, 0.25) is 0 Å². The quantitative estimate of drug-likeness (QED) is 0.345. The molecule has 0 saturated heterocycles. The largest absolute Gasteiger partial charge is 0.466 e. The third-order valence-electron chi connectivity index (χ3n) is 5.55. The molecule has 11 heteroatoms. The first kappa shape index (κ1) is 27.4. The summed E-state index contributed by atoms with van der Waals surface area (Å²) in [7, 11) is -2.14. The molecule has 1 aliphatic heterocycles. The van der Waals surface area contributed by atoms with Crippen LogP contribution in [0, 0.1) is 5.41 Å². The highest BCUT2D eigenvalue weighted by Crippen LogP contribution is 2.35. The van der Waals surface area contributed by atoms with E-state index < -0.39 is 15.8 Å². The van der Waals surface area contributed by atoms with Crippen molar-refractivity contribution in [3.63, 3.8) is 0 Å². The number of hydrogen-bond donors (Lipinski definition) is 2. The van der Waals surface area contributed by atoms with Crippen molar-refractivity contribution in [1.29, 1.82) is 0 Å². The number of rotatable bonds is 7. The predicted molar refractivity (Wildman–Crippen MR) is 148 cm³/mol. The van der Waals surface area contributed by atoms with Crippen molar-refractivity contribution >= 4 is 50.8 Å². The number of hydrogen-bond acceptors (Lipinski definition) is 9. The third-order valence-corrected chi connectivity index (χ3v) is 8.06. The molecule has 2 heterocycles. The van der Waals surface area contributed by atoms with Crippen LogP contribution in [0.2, 0.25) is 5.02 Å². The van der Waals surface area contributed by atoms with Gasteiger partial charge in [0, 0.05) is 17.8 Å². The number of sulfone groups is 1. The number of anilines is 3. The minimum absolute atomic E-state index is 0.0170. The fourth-order valence-corrected chi connectivity index (χ4v) is 6.04. The molecule has 0 aliphatic carbocycles. The van der Waals surface area contributed by atoms with Crippen molar-refractivity contribution in [2.24, 2.45) is 5.41 Å². The SMILES string of the molecule is COC(=O)C1=Cc2c(ncnc2Nc2ccc(Oc3cccc(S(=O)(=O)CC(C)(C)C)c3)c(Cl)c2)NCC1. The number of carbonyl (C=O) groups excluding carboxylic acids is 1. The molecule has 0 spiro atoms. The summed E-state index contributed by atoms with van der Waals surface area (Å²) in [5.41, 5.74) is 1.37. The lowest BCUT2D eigenvalue weighted by Crippen LogP contribution is -2.20. The van der Waals surface area contributed by atoms with Gasteiger partial charge in [-0.25, -0.2) is 23.2 Å². The Hall–Kier alpha value is -3.63. The molecule has 4 rings (SSSR count). The number of methoxy groups -OCH3 is 1. The maximum absolute atomic E-state index is 12.8. The Morgan fingerprint density at radius 2 is 1.95 bits per heavy atom. The molecule has 9 nitrogen and oxygen atoms in total. The van der Waals surface area contributed by atoms with Gasteiger partial charge in [-0.3, -0.25) is 0 Å². The second-order valence-corrected chi connectivity index (χ2v) is 12.4. The second-order valence-electron chi connectivity index (χ2n) is 9.99. The molecule has 3 aromatic rings. The molecule has 0 unspecified atom stereocenters. The smallest absolute Gasteiger partial charge is 0.333 e. The van der Waals surface area contributed by atoms with Gasteiger partial charge in [0.15, 0.2) is 9.84 Å². The van der Waals surface area contributed by atoms with Gasteiger partial charge in [-0.2, -0.15) is 0 Å². The summed E-state index contributed by atoms with van der Waals surface area (Å²) in [6.07, 6.45) is 3.62. The van der Waals surface area contributed by atoms with Gasteiger partial charge in [0.05, 0.1) is 28.3 Å². The summed E-state index contributed by atoms with van der Waals surface area (Å²) in [5, 5.41) is 6.72. The third kappa shape index (κ3) is 6.62. The van der Waals surface area contributed by atoms with Crippen LogP contribution in [0.3, 0.4) is 0 Å². The molecule has 2 N–H and O–H groups in total. The zero-order valence-electron chi connectivity index (χ0n) is 21.5. The van der Waals surface area contributed by atoms with Gasteiger partial charge < -0.3 is 20.1 Å². The van der Waals surface area contributed by atoms with E-state index >= 15 is 0 Å². The Balaban J connectivity index is 1.56. The van der Waals surface area contributed by atoms with Crippen LogP contribution >= 0.6 is 11.6 Å². The molecule has 0 saturated carbocycles. The van der Waals surface area contributed by atoms with Crippen LogP contribution in [0.5, 0.6) is 11.5 Å². The van der Waals surface area contributed by atoms with Crippen molar-refractivity contribution in [3.8, 4) is 11.5 Å². The van der Waals surface area contributed by atoms with Gasteiger partial charge in [0.1, 0.15) is 29.5 Å². The lowest BCUT2D eigenvalue weighted by Gasteiger charge is -2.18. The molecule has 0 fully saturated rings. The number of ether oxygens (including phenoxy) is 2. The number of benzene rings is 2. The number of halogens is 1. The summed E-state index contributed by atoms with van der Waals surface area (Å²) in [6.45, 7) is 6.17. The molecule has 2 aromatic carbocycles. The number of nitrogens with one attached hydrogen (secondary N) is 2. The summed E-state index contributed by atoms with van der Waals surface area (Å²) in [5.74, 6) is 1.40. The van der Waals surface area contributed by atoms with E-state index in [1.54, 1.807) is 42.5 Å². The van der Waals surface area contributed by atoms with E-state index in [1.165, 1.54) is 19.5 Å². The minimum atomic E-state index is -3.48. The van der Waals surface area contributed by atoms with Crippen LogP contribution < -0.4 is 15.4 Å². The standard InChI is InChI=1S/C27H29ClN4O5S/c1-27(2,3)15-38(34,35)20-7-5-6-19(14-20)37-23-9-8-18(13-22(23)28)32-25-21-12-17(26(33)36-4)10-11-29-24(21)30-16-31-25/h5-9,12-14,16H,10-11,15H2,1-4H3,(H2,29,30,31,32). The number of carbonyl (C=O) groups is 1. The molecule has 200 valence electrons. The summed E-state index contributed by atoms with van der Waals surface area (Å²) in [6, 6.07) is 11.5. The van der Waals surface area contributed by atoms with Gasteiger partial charge in [-0.1, -0.05) is 38.4 Å². The van der Waals surface area contributed by atoms with Crippen molar-refractivity contribution in [3.05, 3.63) is 65.0 Å². The maximum atomic E-state index is 12.8.